The summed E-state index contributed by atoms with van der Waals surface area (Å²) < 4.78 is 0. The zero-order chi connectivity index (χ0) is 9.35. The topological polar surface area (TPSA) is 122 Å². The van der Waals surface area contributed by atoms with E-state index in [-0.39, 0.29) is 12.4 Å². The first-order valence-corrected chi connectivity index (χ1v) is 3.08. The maximum Gasteiger partial charge on any atom is 0.335 e. The molecule has 8 heteroatoms. The van der Waals surface area contributed by atoms with E-state index in [0.717, 1.165) is 0 Å². The molecule has 0 aromatic rings. The minimum absolute atomic E-state index is 0. The average molecular weight is 210 g/mol. The van der Waals surface area contributed by atoms with E-state index in [9.17, 15) is 14.4 Å². The summed E-state index contributed by atoms with van der Waals surface area (Å²) in [5.41, 5.74) is -0.164. The van der Waals surface area contributed by atoms with Gasteiger partial charge in [0.05, 0.1) is 6.42 Å². The lowest BCUT2D eigenvalue weighted by atomic mass is 9.99. The number of hydrazine groups is 1. The molecule has 5 N–H and O–H groups in total. The summed E-state index contributed by atoms with van der Waals surface area (Å²) in [6, 6.07) is 0. The number of hydrogen-bond donors (Lipinski definition) is 4. The predicted octanol–water partition coefficient (Wildman–Crippen LogP) is -2.26. The second-order valence-electron chi connectivity index (χ2n) is 2.41. The van der Waals surface area contributed by atoms with E-state index in [2.05, 4.69) is 0 Å². The number of carbonyl (C=O) groups excluding carboxylic acids is 2. The Balaban J connectivity index is 0.00000144. The smallest absolute Gasteiger partial charge is 0.335 e. The summed E-state index contributed by atoms with van der Waals surface area (Å²) in [6.45, 7) is 0. The third-order valence-electron chi connectivity index (χ3n) is 1.68. The molecule has 0 bridgehead atoms. The van der Waals surface area contributed by atoms with Gasteiger partial charge in [-0.25, -0.2) is 10.2 Å². The third kappa shape index (κ3) is 1.62. The van der Waals surface area contributed by atoms with Crippen LogP contribution in [0.1, 0.15) is 6.42 Å². The van der Waals surface area contributed by atoms with Crippen molar-refractivity contribution >= 4 is 30.2 Å². The van der Waals surface area contributed by atoms with Gasteiger partial charge < -0.3 is 5.11 Å². The molecule has 0 spiro atoms. The molecule has 1 aliphatic heterocycles. The van der Waals surface area contributed by atoms with Crippen molar-refractivity contribution in [3.05, 3.63) is 0 Å². The third-order valence-corrected chi connectivity index (χ3v) is 1.68. The highest BCUT2D eigenvalue weighted by molar-refractivity contribution is 6.19. The Hall–Kier alpha value is -1.18. The first-order chi connectivity index (χ1) is 5.53. The molecule has 1 fully saturated rings. The molecule has 7 nitrogen and oxygen atoms in total. The van der Waals surface area contributed by atoms with Gasteiger partial charge >= 0.3 is 5.97 Å². The summed E-state index contributed by atoms with van der Waals surface area (Å²) >= 11 is 0. The van der Waals surface area contributed by atoms with Crippen molar-refractivity contribution in [3.8, 4) is 0 Å². The number of amides is 2. The van der Waals surface area contributed by atoms with Crippen LogP contribution in [0.15, 0.2) is 0 Å². The van der Waals surface area contributed by atoms with Gasteiger partial charge in [-0.3, -0.25) is 20.7 Å². The summed E-state index contributed by atoms with van der Waals surface area (Å²) in [5.74, 6) is 1.83. The lowest BCUT2D eigenvalue weighted by molar-refractivity contribution is -0.149. The van der Waals surface area contributed by atoms with Crippen LogP contribution in [0, 0.1) is 0 Å². The van der Waals surface area contributed by atoms with Gasteiger partial charge in [0.2, 0.25) is 11.4 Å². The molecule has 1 unspecified atom stereocenters. The molecule has 13 heavy (non-hydrogen) atoms. The second-order valence-corrected chi connectivity index (χ2v) is 2.41. The molecule has 0 saturated carbocycles. The lowest BCUT2D eigenvalue weighted by Gasteiger charge is -2.17. The number of halogens is 1. The van der Waals surface area contributed by atoms with Crippen LogP contribution >= 0.6 is 12.4 Å². The van der Waals surface area contributed by atoms with Gasteiger partial charge in [-0.2, -0.15) is 0 Å². The number of carbonyl (C=O) groups is 3. The molecule has 2 amide bonds. The van der Waals surface area contributed by atoms with E-state index in [4.69, 9.17) is 10.9 Å². The summed E-state index contributed by atoms with van der Waals surface area (Å²) in [7, 11) is 0. The van der Waals surface area contributed by atoms with Crippen molar-refractivity contribution in [2.24, 2.45) is 5.84 Å². The SMILES string of the molecule is Cl.NNC1(C(=O)O)CC(=O)NC1=O. The molecule has 1 saturated heterocycles. The van der Waals surface area contributed by atoms with E-state index in [1.165, 1.54) is 0 Å². The molecule has 1 heterocycles. The molecule has 0 aromatic heterocycles. The van der Waals surface area contributed by atoms with Crippen LogP contribution in [0.5, 0.6) is 0 Å². The molecular weight excluding hydrogens is 202 g/mol. The van der Waals surface area contributed by atoms with Gasteiger partial charge in [0.1, 0.15) is 0 Å². The number of imide groups is 1. The Kier molecular flexibility index (Phi) is 3.35. The highest BCUT2D eigenvalue weighted by Crippen LogP contribution is 2.15. The Morgan fingerprint density at radius 3 is 2.31 bits per heavy atom. The van der Waals surface area contributed by atoms with Gasteiger partial charge in [-0.15, -0.1) is 12.4 Å². The molecule has 0 aromatic carbocycles. The van der Waals surface area contributed by atoms with Crippen molar-refractivity contribution in [2.75, 3.05) is 0 Å². The van der Waals surface area contributed by atoms with Crippen LogP contribution < -0.4 is 16.6 Å². The van der Waals surface area contributed by atoms with Crippen LogP contribution in [-0.4, -0.2) is 28.4 Å². The number of hydrogen-bond acceptors (Lipinski definition) is 5. The van der Waals surface area contributed by atoms with E-state index in [1.807, 2.05) is 10.7 Å². The zero-order valence-electron chi connectivity index (χ0n) is 6.36. The number of carboxylic acids is 1. The number of carboxylic acid groups (broad SMARTS) is 1. The maximum absolute atomic E-state index is 10.9. The minimum atomic E-state index is -1.99. The van der Waals surface area contributed by atoms with E-state index < -0.39 is 29.7 Å². The minimum Gasteiger partial charge on any atom is -0.479 e. The largest absolute Gasteiger partial charge is 0.479 e. The predicted molar refractivity (Wildman–Crippen MR) is 42.7 cm³/mol. The van der Waals surface area contributed by atoms with Gasteiger partial charge in [-0.05, 0) is 0 Å². The Morgan fingerprint density at radius 1 is 1.62 bits per heavy atom. The Bertz CT molecular complexity index is 269. The van der Waals surface area contributed by atoms with Gasteiger partial charge in [0.15, 0.2) is 0 Å². The first kappa shape index (κ1) is 11.8. The lowest BCUT2D eigenvalue weighted by Crippen LogP contribution is -2.59. The van der Waals surface area contributed by atoms with Crippen molar-refractivity contribution in [1.29, 1.82) is 0 Å². The summed E-state index contributed by atoms with van der Waals surface area (Å²) in [4.78, 5) is 32.1. The fourth-order valence-electron chi connectivity index (χ4n) is 0.950. The molecule has 1 rings (SSSR count). The zero-order valence-corrected chi connectivity index (χ0v) is 7.18. The van der Waals surface area contributed by atoms with E-state index in [1.54, 1.807) is 0 Å². The van der Waals surface area contributed by atoms with Crippen LogP contribution in [0.2, 0.25) is 0 Å². The van der Waals surface area contributed by atoms with Gasteiger partial charge in [0.25, 0.3) is 5.91 Å². The molecule has 1 atom stereocenters. The summed E-state index contributed by atoms with van der Waals surface area (Å²) in [6.07, 6.45) is -0.475. The Labute approximate surface area is 79.0 Å². The second kappa shape index (κ2) is 3.69. The maximum atomic E-state index is 10.9. The molecule has 0 radical (unpaired) electrons. The molecule has 0 aliphatic carbocycles. The molecule has 74 valence electrons. The van der Waals surface area contributed by atoms with E-state index >= 15 is 0 Å². The van der Waals surface area contributed by atoms with Crippen molar-refractivity contribution < 1.29 is 19.5 Å². The first-order valence-electron chi connectivity index (χ1n) is 3.08. The Morgan fingerprint density at radius 2 is 2.15 bits per heavy atom. The highest BCUT2D eigenvalue weighted by Gasteiger charge is 2.52. The van der Waals surface area contributed by atoms with Gasteiger partial charge in [0, 0.05) is 0 Å². The van der Waals surface area contributed by atoms with Crippen LogP contribution in [0.4, 0.5) is 0 Å². The van der Waals surface area contributed by atoms with Crippen molar-refractivity contribution in [3.63, 3.8) is 0 Å². The number of nitrogens with two attached hydrogens (primary N) is 1. The van der Waals surface area contributed by atoms with Crippen molar-refractivity contribution in [2.45, 2.75) is 12.0 Å². The molecule has 1 aliphatic rings. The number of rotatable bonds is 2. The van der Waals surface area contributed by atoms with Gasteiger partial charge in [-0.1, -0.05) is 0 Å². The standard InChI is InChI=1S/C5H7N3O4.ClH/c6-8-5(4(11)12)1-2(9)7-3(5)10;/h8H,1,6H2,(H,11,12)(H,7,9,10);1H. The summed E-state index contributed by atoms with van der Waals surface area (Å²) in [5, 5.41) is 10.4. The van der Waals surface area contributed by atoms with Crippen molar-refractivity contribution in [1.82, 2.24) is 10.7 Å². The average Bonchev–Trinajstić information content (AvgIpc) is 2.26. The fourth-order valence-corrected chi connectivity index (χ4v) is 0.950. The van der Waals surface area contributed by atoms with Crippen LogP contribution in [-0.2, 0) is 14.4 Å². The number of nitrogens with one attached hydrogen (secondary N) is 2. The monoisotopic (exact) mass is 209 g/mol. The molecular formula is C5H8ClN3O4. The highest BCUT2D eigenvalue weighted by atomic mass is 35.5. The van der Waals surface area contributed by atoms with Crippen LogP contribution in [0.3, 0.4) is 0 Å². The van der Waals surface area contributed by atoms with E-state index in [0.29, 0.717) is 0 Å². The fraction of sp³-hybridized carbons (Fsp3) is 0.400. The van der Waals surface area contributed by atoms with Crippen LogP contribution in [0.25, 0.3) is 0 Å². The normalized spacial score (nSPS) is 26.5. The quantitative estimate of drug-likeness (QED) is 0.176. The number of aliphatic carboxylic acids is 1.